The molecule has 2 spiro atoms. The highest BCUT2D eigenvalue weighted by Crippen LogP contribution is 2.47. The molecule has 3 atom stereocenters. The van der Waals surface area contributed by atoms with Gasteiger partial charge in [0.1, 0.15) is 11.4 Å². The summed E-state index contributed by atoms with van der Waals surface area (Å²) in [6.07, 6.45) is 8.18. The quantitative estimate of drug-likeness (QED) is 0.834. The van der Waals surface area contributed by atoms with Crippen molar-refractivity contribution in [3.8, 4) is 0 Å². The van der Waals surface area contributed by atoms with Gasteiger partial charge in [-0.25, -0.2) is 0 Å². The third-order valence-electron chi connectivity index (χ3n) is 4.31. The van der Waals surface area contributed by atoms with E-state index in [2.05, 4.69) is 0 Å². The molecule has 2 heterocycles. The minimum Gasteiger partial charge on any atom is -0.393 e. The molecule has 2 aliphatic heterocycles. The molecule has 21 heavy (non-hydrogen) atoms. The Bertz CT molecular complexity index is 505. The number of ketones is 2. The van der Waals surface area contributed by atoms with Gasteiger partial charge in [0.05, 0.1) is 12.2 Å². The van der Waals surface area contributed by atoms with Gasteiger partial charge in [-0.2, -0.15) is 0 Å². The number of ether oxygens (including phenoxy) is 2. The van der Waals surface area contributed by atoms with E-state index in [9.17, 15) is 14.7 Å². The first-order valence-corrected chi connectivity index (χ1v) is 7.38. The Labute approximate surface area is 123 Å². The number of Topliss-reactive ketones (excluding diaryl/α,β-unsaturated/α-hetero) is 1. The molecular formula is C16H20O5. The largest absolute Gasteiger partial charge is 0.393 e. The smallest absolute Gasteiger partial charge is 0.178 e. The van der Waals surface area contributed by atoms with Crippen molar-refractivity contribution in [3.63, 3.8) is 0 Å². The first-order valence-electron chi connectivity index (χ1n) is 7.38. The summed E-state index contributed by atoms with van der Waals surface area (Å²) in [4.78, 5) is 22.5. The van der Waals surface area contributed by atoms with Crippen LogP contribution in [0.2, 0.25) is 0 Å². The fourth-order valence-corrected chi connectivity index (χ4v) is 3.44. The summed E-state index contributed by atoms with van der Waals surface area (Å²) in [7, 11) is 0. The molecule has 5 heteroatoms. The van der Waals surface area contributed by atoms with Crippen molar-refractivity contribution in [2.75, 3.05) is 0 Å². The van der Waals surface area contributed by atoms with Gasteiger partial charge in [-0.3, -0.25) is 9.59 Å². The molecule has 0 saturated carbocycles. The van der Waals surface area contributed by atoms with Gasteiger partial charge in [0.2, 0.25) is 0 Å². The number of rotatable bonds is 2. The van der Waals surface area contributed by atoms with Crippen molar-refractivity contribution < 1.29 is 24.2 Å². The van der Waals surface area contributed by atoms with Crippen molar-refractivity contribution in [1.82, 2.24) is 0 Å². The maximum Gasteiger partial charge on any atom is 0.178 e. The van der Waals surface area contributed by atoms with Crippen LogP contribution in [-0.4, -0.2) is 40.3 Å². The summed E-state index contributed by atoms with van der Waals surface area (Å²) < 4.78 is 12.1. The first kappa shape index (κ1) is 14.6. The lowest BCUT2D eigenvalue weighted by molar-refractivity contribution is -0.290. The van der Waals surface area contributed by atoms with E-state index in [1.807, 2.05) is 0 Å². The molecule has 114 valence electrons. The molecular weight excluding hydrogens is 272 g/mol. The summed E-state index contributed by atoms with van der Waals surface area (Å²) in [5.41, 5.74) is -0.619. The molecule has 0 aromatic rings. The molecule has 0 aromatic heterocycles. The average molecular weight is 292 g/mol. The van der Waals surface area contributed by atoms with Crippen LogP contribution < -0.4 is 0 Å². The van der Waals surface area contributed by atoms with Crippen molar-refractivity contribution in [3.05, 3.63) is 24.3 Å². The lowest BCUT2D eigenvalue weighted by Gasteiger charge is -2.41. The second kappa shape index (κ2) is 5.16. The van der Waals surface area contributed by atoms with Crippen LogP contribution in [0.25, 0.3) is 0 Å². The van der Waals surface area contributed by atoms with E-state index < -0.39 is 17.5 Å². The maximum atomic E-state index is 11.3. The predicted octanol–water partition coefficient (Wildman–Crippen LogP) is 1.45. The summed E-state index contributed by atoms with van der Waals surface area (Å²) >= 11 is 0. The van der Waals surface area contributed by atoms with Crippen molar-refractivity contribution in [1.29, 1.82) is 0 Å². The molecule has 1 aliphatic carbocycles. The lowest BCUT2D eigenvalue weighted by Crippen LogP contribution is -2.48. The van der Waals surface area contributed by atoms with Crippen LogP contribution in [0.4, 0.5) is 0 Å². The van der Waals surface area contributed by atoms with E-state index in [1.54, 1.807) is 12.2 Å². The number of carbonyl (C=O) groups is 2. The zero-order chi connectivity index (χ0) is 15.1. The van der Waals surface area contributed by atoms with Crippen molar-refractivity contribution in [2.24, 2.45) is 0 Å². The monoisotopic (exact) mass is 292 g/mol. The molecule has 3 aliphatic rings. The SMILES string of the molecule is CC(=O)C[C@@H]1C[C@H](O)C[C@]2(CCC3(C=CC(=O)C=C3)O2)O1. The summed E-state index contributed by atoms with van der Waals surface area (Å²) in [6.45, 7) is 1.52. The summed E-state index contributed by atoms with van der Waals surface area (Å²) in [5.74, 6) is -0.864. The Hall–Kier alpha value is -1.30. The minimum absolute atomic E-state index is 0.0417. The van der Waals surface area contributed by atoms with Crippen LogP contribution in [0.5, 0.6) is 0 Å². The van der Waals surface area contributed by atoms with Gasteiger partial charge in [-0.05, 0) is 37.6 Å². The van der Waals surface area contributed by atoms with Gasteiger partial charge < -0.3 is 14.6 Å². The van der Waals surface area contributed by atoms with Crippen LogP contribution in [0.3, 0.4) is 0 Å². The standard InChI is InChI=1S/C16H20O5/c1-11(17)8-14-9-13(19)10-16(20-14)7-6-15(21-16)4-2-12(18)3-5-15/h2-5,13-14,19H,6-10H2,1H3/t13-,14+,16+/m0/s1. The Morgan fingerprint density at radius 1 is 1.38 bits per heavy atom. The molecule has 5 nitrogen and oxygen atoms in total. The normalized spacial score (nSPS) is 37.5. The second-order valence-corrected chi connectivity index (χ2v) is 6.28. The van der Waals surface area contributed by atoms with Crippen molar-refractivity contribution in [2.45, 2.75) is 62.6 Å². The number of hydrogen-bond donors (Lipinski definition) is 1. The third-order valence-corrected chi connectivity index (χ3v) is 4.31. The van der Waals surface area contributed by atoms with E-state index in [1.165, 1.54) is 19.1 Å². The second-order valence-electron chi connectivity index (χ2n) is 6.28. The van der Waals surface area contributed by atoms with Crippen LogP contribution in [0.1, 0.15) is 39.0 Å². The van der Waals surface area contributed by atoms with E-state index in [0.717, 1.165) is 0 Å². The fourth-order valence-electron chi connectivity index (χ4n) is 3.44. The van der Waals surface area contributed by atoms with Crippen LogP contribution >= 0.6 is 0 Å². The number of aliphatic hydroxyl groups is 1. The van der Waals surface area contributed by atoms with Gasteiger partial charge in [-0.1, -0.05) is 0 Å². The van der Waals surface area contributed by atoms with Crippen LogP contribution in [-0.2, 0) is 19.1 Å². The van der Waals surface area contributed by atoms with E-state index in [0.29, 0.717) is 32.1 Å². The summed E-state index contributed by atoms with van der Waals surface area (Å²) in [5, 5.41) is 10.1. The Morgan fingerprint density at radius 3 is 2.76 bits per heavy atom. The Morgan fingerprint density at radius 2 is 2.10 bits per heavy atom. The highest BCUT2D eigenvalue weighted by Gasteiger charge is 2.52. The van der Waals surface area contributed by atoms with Crippen LogP contribution in [0.15, 0.2) is 24.3 Å². The molecule has 2 fully saturated rings. The molecule has 0 unspecified atom stereocenters. The number of carbonyl (C=O) groups excluding carboxylic acids is 2. The molecule has 0 bridgehead atoms. The van der Waals surface area contributed by atoms with E-state index >= 15 is 0 Å². The molecule has 3 rings (SSSR count). The summed E-state index contributed by atoms with van der Waals surface area (Å²) in [6, 6.07) is 0. The maximum absolute atomic E-state index is 11.3. The molecule has 2 saturated heterocycles. The van der Waals surface area contributed by atoms with E-state index in [-0.39, 0.29) is 17.7 Å². The molecule has 0 amide bonds. The van der Waals surface area contributed by atoms with Crippen molar-refractivity contribution >= 4 is 11.6 Å². The predicted molar refractivity (Wildman–Crippen MR) is 74.5 cm³/mol. The number of hydrogen-bond acceptors (Lipinski definition) is 5. The lowest BCUT2D eigenvalue weighted by atomic mass is 9.91. The highest BCUT2D eigenvalue weighted by molar-refractivity contribution is 6.00. The minimum atomic E-state index is -0.854. The van der Waals surface area contributed by atoms with E-state index in [4.69, 9.17) is 9.47 Å². The van der Waals surface area contributed by atoms with Gasteiger partial charge in [0, 0.05) is 25.7 Å². The van der Waals surface area contributed by atoms with Gasteiger partial charge >= 0.3 is 0 Å². The first-order chi connectivity index (χ1) is 9.90. The Kier molecular flexibility index (Phi) is 3.59. The number of allylic oxidation sites excluding steroid dienone is 2. The molecule has 1 N–H and O–H groups in total. The Balaban J connectivity index is 1.76. The van der Waals surface area contributed by atoms with Gasteiger partial charge in [0.25, 0.3) is 0 Å². The van der Waals surface area contributed by atoms with Crippen LogP contribution in [0, 0.1) is 0 Å². The van der Waals surface area contributed by atoms with Gasteiger partial charge in [-0.15, -0.1) is 0 Å². The third kappa shape index (κ3) is 3.00. The fraction of sp³-hybridized carbons (Fsp3) is 0.625. The molecule has 0 aromatic carbocycles. The zero-order valence-corrected chi connectivity index (χ0v) is 12.1. The highest BCUT2D eigenvalue weighted by atomic mass is 16.7. The van der Waals surface area contributed by atoms with Gasteiger partial charge in [0.15, 0.2) is 11.6 Å². The topological polar surface area (TPSA) is 72.8 Å². The average Bonchev–Trinajstić information content (AvgIpc) is 2.70. The molecule has 0 radical (unpaired) electrons. The number of aliphatic hydroxyl groups excluding tert-OH is 1. The zero-order valence-electron chi connectivity index (χ0n) is 12.1.